The summed E-state index contributed by atoms with van der Waals surface area (Å²) in [5, 5.41) is 19.5. The van der Waals surface area contributed by atoms with Crippen LogP contribution in [0, 0.1) is 12.7 Å². The molecule has 4 N–H and O–H groups in total. The SMILES string of the molecule is CCc1ccc2c(c1)c(=O)c(C(=O)Nc1ccc(Oc3ncnc4cc(OCCCCCCCCCCCC(O)Nc5cccc6c5C(=O)N(C5CCC(=O)NC5=O)C6=O)c(OC)cc34)c(F)c1)c(C)n2C. The second kappa shape index (κ2) is 22.6. The van der Waals surface area contributed by atoms with Gasteiger partial charge < -0.3 is 34.5 Å². The first-order valence-corrected chi connectivity index (χ1v) is 24.4. The Morgan fingerprint density at radius 1 is 0.875 bits per heavy atom. The predicted molar refractivity (Wildman–Crippen MR) is 268 cm³/mol. The number of anilines is 2. The fraction of sp³-hybridized carbons (Fsp3) is 0.370. The quantitative estimate of drug-likeness (QED) is 0.0285. The van der Waals surface area contributed by atoms with Crippen LogP contribution in [0.3, 0.4) is 0 Å². The van der Waals surface area contributed by atoms with E-state index in [1.807, 2.05) is 19.1 Å². The molecule has 2 unspecified atom stereocenters. The average molecular weight is 984 g/mol. The molecule has 18 heteroatoms. The van der Waals surface area contributed by atoms with Crippen molar-refractivity contribution >= 4 is 62.7 Å². The molecule has 1 saturated heterocycles. The van der Waals surface area contributed by atoms with Crippen LogP contribution >= 0.6 is 0 Å². The van der Waals surface area contributed by atoms with Crippen LogP contribution in [0.5, 0.6) is 23.1 Å². The number of methoxy groups -OCH3 is 1. The minimum Gasteiger partial charge on any atom is -0.493 e. The van der Waals surface area contributed by atoms with Gasteiger partial charge in [-0.3, -0.25) is 39.0 Å². The molecule has 0 aliphatic carbocycles. The maximum absolute atomic E-state index is 15.6. The number of carbonyl (C=O) groups excluding carboxylic acids is 5. The lowest BCUT2D eigenvalue weighted by Crippen LogP contribution is -2.54. The Morgan fingerprint density at radius 2 is 1.62 bits per heavy atom. The number of aliphatic hydroxyl groups is 1. The molecule has 72 heavy (non-hydrogen) atoms. The molecule has 0 saturated carbocycles. The van der Waals surface area contributed by atoms with E-state index < -0.39 is 53.1 Å². The van der Waals surface area contributed by atoms with Gasteiger partial charge in [-0.15, -0.1) is 0 Å². The summed E-state index contributed by atoms with van der Waals surface area (Å²) in [5.74, 6) is -2.88. The molecule has 1 fully saturated rings. The molecule has 4 aromatic carbocycles. The van der Waals surface area contributed by atoms with E-state index >= 15 is 4.39 Å². The van der Waals surface area contributed by atoms with Crippen molar-refractivity contribution in [3.63, 3.8) is 0 Å². The molecule has 2 aliphatic rings. The third-order valence-electron chi connectivity index (χ3n) is 13.3. The molecule has 17 nitrogen and oxygen atoms in total. The van der Waals surface area contributed by atoms with Gasteiger partial charge in [0.2, 0.25) is 23.1 Å². The molecule has 0 bridgehead atoms. The van der Waals surface area contributed by atoms with Crippen molar-refractivity contribution in [2.75, 3.05) is 24.4 Å². The van der Waals surface area contributed by atoms with Crippen LogP contribution in [0.15, 0.2) is 77.9 Å². The molecule has 5 amide bonds. The van der Waals surface area contributed by atoms with Gasteiger partial charge in [-0.25, -0.2) is 14.4 Å². The zero-order chi connectivity index (χ0) is 51.1. The number of aryl methyl sites for hydroxylation is 2. The number of hydrogen-bond acceptors (Lipinski definition) is 13. The van der Waals surface area contributed by atoms with Gasteiger partial charge in [0.15, 0.2) is 23.1 Å². The van der Waals surface area contributed by atoms with Crippen LogP contribution in [0.4, 0.5) is 15.8 Å². The van der Waals surface area contributed by atoms with Crippen molar-refractivity contribution < 1.29 is 47.7 Å². The minimum absolute atomic E-state index is 0.0204. The van der Waals surface area contributed by atoms with E-state index in [1.165, 1.54) is 31.6 Å². The second-order valence-electron chi connectivity index (χ2n) is 18.1. The zero-order valence-corrected chi connectivity index (χ0v) is 40.8. The van der Waals surface area contributed by atoms with Gasteiger partial charge in [0.05, 0.1) is 41.3 Å². The highest BCUT2D eigenvalue weighted by atomic mass is 19.1. The summed E-state index contributed by atoms with van der Waals surface area (Å²) in [5.41, 5.74) is 2.99. The van der Waals surface area contributed by atoms with E-state index in [0.717, 1.165) is 80.7 Å². The van der Waals surface area contributed by atoms with Crippen molar-refractivity contribution in [3.05, 3.63) is 117 Å². The van der Waals surface area contributed by atoms with E-state index in [-0.39, 0.29) is 46.8 Å². The normalized spacial score (nSPS) is 14.9. The van der Waals surface area contributed by atoms with Crippen molar-refractivity contribution in [3.8, 4) is 23.1 Å². The summed E-state index contributed by atoms with van der Waals surface area (Å²) in [6.07, 6.45) is 10.4. The molecule has 2 aromatic heterocycles. The van der Waals surface area contributed by atoms with Crippen molar-refractivity contribution in [1.29, 1.82) is 0 Å². The largest absolute Gasteiger partial charge is 0.493 e. The summed E-state index contributed by atoms with van der Waals surface area (Å²) in [7, 11) is 3.31. The molecular formula is C54H58FN7O10. The average Bonchev–Trinajstić information content (AvgIpc) is 3.62. The van der Waals surface area contributed by atoms with Crippen LogP contribution in [-0.2, 0) is 23.1 Å². The number of aliphatic hydroxyl groups excluding tert-OH is 1. The van der Waals surface area contributed by atoms with Gasteiger partial charge in [0, 0.05) is 48.1 Å². The molecule has 0 spiro atoms. The number of unbranched alkanes of at least 4 members (excludes halogenated alkanes) is 8. The fourth-order valence-corrected chi connectivity index (χ4v) is 9.29. The number of benzene rings is 4. The first kappa shape index (κ1) is 50.7. The van der Waals surface area contributed by atoms with E-state index in [1.54, 1.807) is 48.9 Å². The highest BCUT2D eigenvalue weighted by Crippen LogP contribution is 2.38. The smallest absolute Gasteiger partial charge is 0.264 e. The fourth-order valence-electron chi connectivity index (χ4n) is 9.29. The molecular weight excluding hydrogens is 926 g/mol. The predicted octanol–water partition coefficient (Wildman–Crippen LogP) is 8.66. The second-order valence-corrected chi connectivity index (χ2v) is 18.1. The summed E-state index contributed by atoms with van der Waals surface area (Å²) in [6.45, 7) is 4.15. The number of carbonyl (C=O) groups is 5. The Kier molecular flexibility index (Phi) is 15.9. The number of fused-ring (bicyclic) bond motifs is 3. The van der Waals surface area contributed by atoms with Crippen molar-refractivity contribution in [1.82, 2.24) is 24.8 Å². The Labute approximate surface area is 415 Å². The molecule has 4 heterocycles. The van der Waals surface area contributed by atoms with Gasteiger partial charge in [0.1, 0.15) is 24.2 Å². The van der Waals surface area contributed by atoms with Crippen LogP contribution in [-0.4, -0.2) is 80.1 Å². The van der Waals surface area contributed by atoms with E-state index in [4.69, 9.17) is 14.2 Å². The van der Waals surface area contributed by atoms with Gasteiger partial charge in [-0.2, -0.15) is 0 Å². The maximum Gasteiger partial charge on any atom is 0.264 e. The Hall–Kier alpha value is -7.73. The lowest BCUT2D eigenvalue weighted by atomic mass is 10.0. The molecule has 0 radical (unpaired) electrons. The van der Waals surface area contributed by atoms with Gasteiger partial charge in [-0.1, -0.05) is 64.0 Å². The van der Waals surface area contributed by atoms with E-state index in [2.05, 4.69) is 25.9 Å². The highest BCUT2D eigenvalue weighted by molar-refractivity contribution is 6.25. The number of amides is 5. The third-order valence-corrected chi connectivity index (χ3v) is 13.3. The summed E-state index contributed by atoms with van der Waals surface area (Å²) in [4.78, 5) is 87.1. The molecule has 2 atom stereocenters. The van der Waals surface area contributed by atoms with Crippen LogP contribution < -0.4 is 35.6 Å². The number of ether oxygens (including phenoxy) is 3. The Bertz CT molecular complexity index is 3140. The first-order chi connectivity index (χ1) is 34.8. The molecule has 2 aliphatic heterocycles. The standard InChI is InChI=1S/C54H58FN7O10/c1-5-32-19-21-40-36(26-32)49(65)47(31(2)61(40)3)51(67)58-33-20-23-42(37(55)27-33)72-52-35-28-43(70-4)44(29-39(35)56-30-57-52)71-25-14-12-10-8-6-7-9-11-13-18-45(63)59-38-17-15-16-34-48(38)54(69)62(53(34)68)41-22-24-46(64)60-50(41)66/h15-17,19-21,23,26-30,41,45,59,63H,5-14,18,22,24-25H2,1-4H3,(H,58,67)(H,60,64,66). The number of piperidine rings is 1. The van der Waals surface area contributed by atoms with Gasteiger partial charge in [0.25, 0.3) is 17.7 Å². The third kappa shape index (κ3) is 10.9. The van der Waals surface area contributed by atoms with E-state index in [9.17, 15) is 33.9 Å². The number of pyridine rings is 1. The van der Waals surface area contributed by atoms with Crippen molar-refractivity contribution in [2.45, 2.75) is 110 Å². The number of nitrogens with one attached hydrogen (secondary N) is 3. The minimum atomic E-state index is -1.06. The monoisotopic (exact) mass is 983 g/mol. The topological polar surface area (TPSA) is 220 Å². The number of aromatic nitrogens is 3. The molecule has 376 valence electrons. The molecule has 8 rings (SSSR count). The summed E-state index contributed by atoms with van der Waals surface area (Å²) in [6, 6.07) is 16.7. The lowest BCUT2D eigenvalue weighted by Gasteiger charge is -2.27. The maximum atomic E-state index is 15.6. The van der Waals surface area contributed by atoms with Crippen LogP contribution in [0.2, 0.25) is 0 Å². The first-order valence-electron chi connectivity index (χ1n) is 24.4. The van der Waals surface area contributed by atoms with Gasteiger partial charge in [-0.05, 0) is 87.1 Å². The Morgan fingerprint density at radius 3 is 2.35 bits per heavy atom. The highest BCUT2D eigenvalue weighted by Gasteiger charge is 2.45. The number of imide groups is 2. The number of rotatable bonds is 22. The van der Waals surface area contributed by atoms with Gasteiger partial charge >= 0.3 is 0 Å². The Balaban J connectivity index is 0.746. The van der Waals surface area contributed by atoms with Crippen LogP contribution in [0.1, 0.15) is 126 Å². The van der Waals surface area contributed by atoms with Crippen LogP contribution in [0.25, 0.3) is 21.8 Å². The zero-order valence-electron chi connectivity index (χ0n) is 40.8. The summed E-state index contributed by atoms with van der Waals surface area (Å²) >= 11 is 0. The summed E-state index contributed by atoms with van der Waals surface area (Å²) < 4.78 is 35.1. The number of nitrogens with zero attached hydrogens (tertiary/aromatic N) is 4. The lowest BCUT2D eigenvalue weighted by molar-refractivity contribution is -0.136. The van der Waals surface area contributed by atoms with Crippen molar-refractivity contribution in [2.24, 2.45) is 7.05 Å². The number of halogens is 1. The van der Waals surface area contributed by atoms with E-state index in [0.29, 0.717) is 57.7 Å². The molecule has 6 aromatic rings. The number of hydrogen-bond donors (Lipinski definition) is 4.